The number of fused-ring (bicyclic) bond motifs is 1. The van der Waals surface area contributed by atoms with Crippen molar-refractivity contribution in [2.45, 2.75) is 18.0 Å². The molecule has 1 N–H and O–H groups in total. The van der Waals surface area contributed by atoms with Crippen molar-refractivity contribution in [2.24, 2.45) is 0 Å². The van der Waals surface area contributed by atoms with Crippen LogP contribution in [0.3, 0.4) is 0 Å². The molecule has 0 saturated carbocycles. The normalized spacial score (nSPS) is 29.8. The Morgan fingerprint density at radius 3 is 1.88 bits per heavy atom. The van der Waals surface area contributed by atoms with Crippen molar-refractivity contribution >= 4 is 0 Å². The lowest BCUT2D eigenvalue weighted by Crippen LogP contribution is -2.47. The van der Waals surface area contributed by atoms with Gasteiger partial charge in [0, 0.05) is 0 Å². The summed E-state index contributed by atoms with van der Waals surface area (Å²) in [7, 11) is 0. The van der Waals surface area contributed by atoms with Gasteiger partial charge in [-0.25, -0.2) is 13.7 Å². The Hall–Kier alpha value is -1.86. The van der Waals surface area contributed by atoms with Crippen LogP contribution in [0.15, 0.2) is 48.5 Å². The molecule has 4 rings (SSSR count). The second-order valence-electron chi connectivity index (χ2n) is 6.23. The number of nitrogens with zero attached hydrogens (tertiary/aromatic N) is 1. The molecule has 2 heterocycles. The molecule has 4 nitrogen and oxygen atoms in total. The molecule has 0 spiro atoms. The highest BCUT2D eigenvalue weighted by Gasteiger charge is 2.56. The number of hydrogen-bond donors (Lipinski definition) is 1. The minimum atomic E-state index is -0.714. The molecule has 2 aliphatic rings. The van der Waals surface area contributed by atoms with Crippen LogP contribution in [0.4, 0.5) is 8.78 Å². The van der Waals surface area contributed by atoms with E-state index in [9.17, 15) is 13.9 Å². The van der Waals surface area contributed by atoms with Crippen LogP contribution in [0.5, 0.6) is 0 Å². The lowest BCUT2D eigenvalue weighted by atomic mass is 10.0. The molecule has 126 valence electrons. The third kappa shape index (κ3) is 2.43. The molecule has 3 atom stereocenters. The molecule has 0 aliphatic carbocycles. The van der Waals surface area contributed by atoms with E-state index in [2.05, 4.69) is 0 Å². The van der Waals surface area contributed by atoms with E-state index in [1.807, 2.05) is 4.90 Å². The zero-order valence-corrected chi connectivity index (χ0v) is 12.9. The number of hydrogen-bond acceptors (Lipinski definition) is 4. The number of aliphatic hydroxyl groups is 1. The summed E-state index contributed by atoms with van der Waals surface area (Å²) in [5.41, 5.74) is 0.558. The molecule has 24 heavy (non-hydrogen) atoms. The predicted molar refractivity (Wildman–Crippen MR) is 81.8 cm³/mol. The molecular formula is C18H17F2NO3. The number of rotatable bonds is 3. The van der Waals surface area contributed by atoms with Gasteiger partial charge in [0.1, 0.15) is 24.1 Å². The molecule has 6 heteroatoms. The first-order valence-corrected chi connectivity index (χ1v) is 7.76. The first-order valence-electron chi connectivity index (χ1n) is 7.76. The molecule has 2 aromatic rings. The smallest absolute Gasteiger partial charge is 0.139 e. The van der Waals surface area contributed by atoms with Gasteiger partial charge in [0.25, 0.3) is 0 Å². The maximum absolute atomic E-state index is 13.6. The van der Waals surface area contributed by atoms with E-state index in [4.69, 9.17) is 9.47 Å². The SMILES string of the molecule is OC[C@]12COC(c3cccc(F)c3)N1[C@H](c1cccc(F)c1)OC2. The number of halogens is 2. The van der Waals surface area contributed by atoms with Gasteiger partial charge >= 0.3 is 0 Å². The van der Waals surface area contributed by atoms with Crippen molar-refractivity contribution in [1.82, 2.24) is 4.90 Å². The molecule has 1 unspecified atom stereocenters. The first-order chi connectivity index (χ1) is 11.6. The fourth-order valence-corrected chi connectivity index (χ4v) is 3.45. The van der Waals surface area contributed by atoms with Gasteiger partial charge in [0.05, 0.1) is 25.4 Å². The Bertz CT molecular complexity index is 697. The lowest BCUT2D eigenvalue weighted by molar-refractivity contribution is -0.0632. The van der Waals surface area contributed by atoms with Crippen molar-refractivity contribution in [3.63, 3.8) is 0 Å². The van der Waals surface area contributed by atoms with Crippen molar-refractivity contribution in [1.29, 1.82) is 0 Å². The molecule has 2 fully saturated rings. The lowest BCUT2D eigenvalue weighted by Gasteiger charge is -2.33. The van der Waals surface area contributed by atoms with Crippen LogP contribution in [0.2, 0.25) is 0 Å². The van der Waals surface area contributed by atoms with Crippen LogP contribution in [0.1, 0.15) is 23.6 Å². The molecular weight excluding hydrogens is 316 g/mol. The molecule has 0 radical (unpaired) electrons. The minimum Gasteiger partial charge on any atom is -0.394 e. The molecule has 0 aromatic heterocycles. The molecule has 2 saturated heterocycles. The Balaban J connectivity index is 1.75. The van der Waals surface area contributed by atoms with Crippen LogP contribution in [0.25, 0.3) is 0 Å². The van der Waals surface area contributed by atoms with Gasteiger partial charge in [-0.1, -0.05) is 24.3 Å². The predicted octanol–water partition coefficient (Wildman–Crippen LogP) is 2.76. The van der Waals surface area contributed by atoms with E-state index < -0.39 is 18.0 Å². The van der Waals surface area contributed by atoms with Crippen LogP contribution in [0, 0.1) is 11.6 Å². The van der Waals surface area contributed by atoms with Crippen LogP contribution in [-0.2, 0) is 9.47 Å². The van der Waals surface area contributed by atoms with Crippen LogP contribution in [-0.4, -0.2) is 35.4 Å². The van der Waals surface area contributed by atoms with Crippen molar-refractivity contribution in [3.8, 4) is 0 Å². The summed E-state index contributed by atoms with van der Waals surface area (Å²) in [6.45, 7) is 0.359. The van der Waals surface area contributed by atoms with E-state index in [1.165, 1.54) is 24.3 Å². The van der Waals surface area contributed by atoms with E-state index >= 15 is 0 Å². The van der Waals surface area contributed by atoms with Gasteiger partial charge in [-0.3, -0.25) is 0 Å². The van der Waals surface area contributed by atoms with Crippen molar-refractivity contribution in [3.05, 3.63) is 71.3 Å². The summed E-state index contributed by atoms with van der Waals surface area (Å²) in [5.74, 6) is -0.722. The fraction of sp³-hybridized carbons (Fsp3) is 0.333. The minimum absolute atomic E-state index is 0.162. The molecule has 2 aromatic carbocycles. The summed E-state index contributed by atoms with van der Waals surface area (Å²) < 4.78 is 38.9. The van der Waals surface area contributed by atoms with Crippen LogP contribution < -0.4 is 0 Å². The highest BCUT2D eigenvalue weighted by atomic mass is 19.1. The van der Waals surface area contributed by atoms with Gasteiger partial charge in [-0.15, -0.1) is 0 Å². The monoisotopic (exact) mass is 333 g/mol. The van der Waals surface area contributed by atoms with E-state index in [1.54, 1.807) is 24.3 Å². The first kappa shape index (κ1) is 15.7. The standard InChI is InChI=1S/C18H17F2NO3/c19-14-5-1-3-12(7-14)16-21-17(13-4-2-6-15(20)8-13)24-11-18(21,9-22)10-23-16/h1-8,16-17,22H,9-11H2/t16-,17?,18-/m0/s1. The molecule has 0 bridgehead atoms. The van der Waals surface area contributed by atoms with E-state index in [-0.39, 0.29) is 31.5 Å². The number of ether oxygens (including phenoxy) is 2. The average molecular weight is 333 g/mol. The number of benzene rings is 2. The quantitative estimate of drug-likeness (QED) is 0.938. The second-order valence-corrected chi connectivity index (χ2v) is 6.23. The zero-order chi connectivity index (χ0) is 16.7. The molecule has 0 amide bonds. The highest BCUT2D eigenvalue weighted by molar-refractivity contribution is 5.26. The zero-order valence-electron chi connectivity index (χ0n) is 12.9. The topological polar surface area (TPSA) is 41.9 Å². The third-order valence-corrected chi connectivity index (χ3v) is 4.63. The maximum Gasteiger partial charge on any atom is 0.139 e. The molecule has 2 aliphatic heterocycles. The maximum atomic E-state index is 13.6. The van der Waals surface area contributed by atoms with E-state index in [0.29, 0.717) is 11.1 Å². The van der Waals surface area contributed by atoms with Gasteiger partial charge < -0.3 is 14.6 Å². The second kappa shape index (κ2) is 5.89. The van der Waals surface area contributed by atoms with Gasteiger partial charge in [0.2, 0.25) is 0 Å². The summed E-state index contributed by atoms with van der Waals surface area (Å²) >= 11 is 0. The van der Waals surface area contributed by atoms with Crippen LogP contribution >= 0.6 is 0 Å². The van der Waals surface area contributed by atoms with Gasteiger partial charge in [-0.2, -0.15) is 0 Å². The average Bonchev–Trinajstić information content (AvgIpc) is 3.12. The largest absolute Gasteiger partial charge is 0.394 e. The van der Waals surface area contributed by atoms with Gasteiger partial charge in [0.15, 0.2) is 0 Å². The van der Waals surface area contributed by atoms with Crippen molar-refractivity contribution < 1.29 is 23.4 Å². The fourth-order valence-electron chi connectivity index (χ4n) is 3.45. The third-order valence-electron chi connectivity index (χ3n) is 4.63. The Labute approximate surface area is 138 Å². The number of aliphatic hydroxyl groups excluding tert-OH is 1. The Kier molecular flexibility index (Phi) is 3.85. The highest BCUT2D eigenvalue weighted by Crippen LogP contribution is 2.48. The summed E-state index contributed by atoms with van der Waals surface area (Å²) in [6, 6.07) is 12.3. The van der Waals surface area contributed by atoms with Gasteiger partial charge in [-0.05, 0) is 35.4 Å². The Morgan fingerprint density at radius 2 is 1.46 bits per heavy atom. The van der Waals surface area contributed by atoms with Crippen molar-refractivity contribution in [2.75, 3.05) is 19.8 Å². The Morgan fingerprint density at radius 1 is 0.958 bits per heavy atom. The van der Waals surface area contributed by atoms with E-state index in [0.717, 1.165) is 0 Å². The summed E-state index contributed by atoms with van der Waals surface area (Å²) in [5, 5.41) is 9.92. The summed E-state index contributed by atoms with van der Waals surface area (Å²) in [6.07, 6.45) is -1.13. The summed E-state index contributed by atoms with van der Waals surface area (Å²) in [4.78, 5) is 1.87.